The standard InChI is InChI=1S/C11H18N6/c1-11(4-5-11)16-9-13-8(12)14-10(15-9)17-6-2-3-7-17/h2-7H2,1H3,(H3,12,13,14,15,16). The molecule has 92 valence electrons. The molecule has 2 aliphatic rings. The molecule has 17 heavy (non-hydrogen) atoms. The molecule has 0 bridgehead atoms. The first-order valence-electron chi connectivity index (χ1n) is 6.19. The lowest BCUT2D eigenvalue weighted by atomic mass is 10.3. The van der Waals surface area contributed by atoms with Crippen molar-refractivity contribution in [1.29, 1.82) is 0 Å². The van der Waals surface area contributed by atoms with E-state index in [0.717, 1.165) is 25.9 Å². The Morgan fingerprint density at radius 1 is 1.18 bits per heavy atom. The second-order valence-electron chi connectivity index (χ2n) is 5.20. The highest BCUT2D eigenvalue weighted by Crippen LogP contribution is 2.37. The number of nitrogens with one attached hydrogen (secondary N) is 1. The second-order valence-corrected chi connectivity index (χ2v) is 5.20. The maximum Gasteiger partial charge on any atom is 0.231 e. The van der Waals surface area contributed by atoms with Crippen LogP contribution in [0.25, 0.3) is 0 Å². The Kier molecular flexibility index (Phi) is 2.31. The van der Waals surface area contributed by atoms with Crippen LogP contribution in [0.2, 0.25) is 0 Å². The van der Waals surface area contributed by atoms with Crippen LogP contribution >= 0.6 is 0 Å². The van der Waals surface area contributed by atoms with E-state index in [1.54, 1.807) is 0 Å². The SMILES string of the molecule is CC1(Nc2nc(N)nc(N3CCCC3)n2)CC1. The number of hydrogen-bond donors (Lipinski definition) is 2. The van der Waals surface area contributed by atoms with Gasteiger partial charge in [-0.2, -0.15) is 15.0 Å². The molecule has 3 N–H and O–H groups in total. The maximum absolute atomic E-state index is 5.74. The number of nitrogens with zero attached hydrogens (tertiary/aromatic N) is 4. The molecule has 1 aromatic rings. The first-order valence-corrected chi connectivity index (χ1v) is 6.19. The number of nitrogen functional groups attached to an aromatic ring is 1. The van der Waals surface area contributed by atoms with Gasteiger partial charge in [-0.05, 0) is 32.6 Å². The summed E-state index contributed by atoms with van der Waals surface area (Å²) in [5.74, 6) is 1.62. The van der Waals surface area contributed by atoms with Crippen LogP contribution < -0.4 is 16.0 Å². The predicted molar refractivity (Wildman–Crippen MR) is 66.9 cm³/mol. The fourth-order valence-corrected chi connectivity index (χ4v) is 2.08. The van der Waals surface area contributed by atoms with Crippen molar-refractivity contribution in [1.82, 2.24) is 15.0 Å². The van der Waals surface area contributed by atoms with Gasteiger partial charge in [-0.15, -0.1) is 0 Å². The Morgan fingerprint density at radius 3 is 2.53 bits per heavy atom. The Morgan fingerprint density at radius 2 is 1.88 bits per heavy atom. The zero-order valence-electron chi connectivity index (χ0n) is 10.1. The average molecular weight is 234 g/mol. The summed E-state index contributed by atoms with van der Waals surface area (Å²) >= 11 is 0. The summed E-state index contributed by atoms with van der Waals surface area (Å²) in [4.78, 5) is 15.0. The zero-order chi connectivity index (χ0) is 11.9. The van der Waals surface area contributed by atoms with Crippen LogP contribution in [-0.2, 0) is 0 Å². The highest BCUT2D eigenvalue weighted by atomic mass is 15.3. The first kappa shape index (κ1) is 10.6. The molecule has 6 nitrogen and oxygen atoms in total. The molecule has 0 spiro atoms. The number of nitrogens with two attached hydrogens (primary N) is 1. The Bertz CT molecular complexity index is 422. The second kappa shape index (κ2) is 3.72. The van der Waals surface area contributed by atoms with E-state index in [1.807, 2.05) is 0 Å². The van der Waals surface area contributed by atoms with E-state index in [2.05, 4.69) is 32.1 Å². The van der Waals surface area contributed by atoms with Crippen LogP contribution in [0, 0.1) is 0 Å². The molecule has 0 unspecified atom stereocenters. The summed E-state index contributed by atoms with van der Waals surface area (Å²) in [5.41, 5.74) is 5.90. The minimum Gasteiger partial charge on any atom is -0.368 e. The monoisotopic (exact) mass is 234 g/mol. The normalized spacial score (nSPS) is 21.6. The van der Waals surface area contributed by atoms with Crippen LogP contribution in [-0.4, -0.2) is 33.6 Å². The van der Waals surface area contributed by atoms with Gasteiger partial charge in [-0.3, -0.25) is 0 Å². The lowest BCUT2D eigenvalue weighted by Gasteiger charge is -2.17. The van der Waals surface area contributed by atoms with Crippen molar-refractivity contribution < 1.29 is 0 Å². The lowest BCUT2D eigenvalue weighted by molar-refractivity contribution is 0.799. The molecule has 2 fully saturated rings. The van der Waals surface area contributed by atoms with Gasteiger partial charge in [0.2, 0.25) is 17.8 Å². The van der Waals surface area contributed by atoms with Gasteiger partial charge in [0.15, 0.2) is 0 Å². The van der Waals surface area contributed by atoms with E-state index in [0.29, 0.717) is 17.8 Å². The smallest absolute Gasteiger partial charge is 0.231 e. The van der Waals surface area contributed by atoms with E-state index in [4.69, 9.17) is 5.73 Å². The van der Waals surface area contributed by atoms with Crippen molar-refractivity contribution in [3.05, 3.63) is 0 Å². The van der Waals surface area contributed by atoms with E-state index < -0.39 is 0 Å². The van der Waals surface area contributed by atoms with Crippen LogP contribution in [0.4, 0.5) is 17.8 Å². The van der Waals surface area contributed by atoms with Gasteiger partial charge in [-0.25, -0.2) is 0 Å². The summed E-state index contributed by atoms with van der Waals surface area (Å²) < 4.78 is 0. The van der Waals surface area contributed by atoms with Gasteiger partial charge in [0, 0.05) is 18.6 Å². The van der Waals surface area contributed by atoms with E-state index >= 15 is 0 Å². The van der Waals surface area contributed by atoms with Crippen molar-refractivity contribution in [2.45, 2.75) is 38.1 Å². The van der Waals surface area contributed by atoms with Gasteiger partial charge in [-0.1, -0.05) is 0 Å². The average Bonchev–Trinajstić information content (AvgIpc) is 2.83. The van der Waals surface area contributed by atoms with Crippen molar-refractivity contribution >= 4 is 17.8 Å². The molecule has 1 aliphatic heterocycles. The van der Waals surface area contributed by atoms with Gasteiger partial charge in [0.05, 0.1) is 0 Å². The summed E-state index contributed by atoms with van der Waals surface area (Å²) in [6.45, 7) is 4.20. The van der Waals surface area contributed by atoms with Gasteiger partial charge >= 0.3 is 0 Å². The molecule has 0 aromatic carbocycles. The largest absolute Gasteiger partial charge is 0.368 e. The third kappa shape index (κ3) is 2.25. The Labute approximate surface area is 101 Å². The molecule has 6 heteroatoms. The quantitative estimate of drug-likeness (QED) is 0.812. The van der Waals surface area contributed by atoms with Crippen LogP contribution in [0.3, 0.4) is 0 Å². The Balaban J connectivity index is 1.83. The fraction of sp³-hybridized carbons (Fsp3) is 0.727. The molecule has 0 atom stereocenters. The van der Waals surface area contributed by atoms with Gasteiger partial charge in [0.25, 0.3) is 0 Å². The van der Waals surface area contributed by atoms with E-state index in [1.165, 1.54) is 12.8 Å². The minimum absolute atomic E-state index is 0.163. The number of aromatic nitrogens is 3. The summed E-state index contributed by atoms with van der Waals surface area (Å²) in [7, 11) is 0. The van der Waals surface area contributed by atoms with E-state index in [9.17, 15) is 0 Å². The van der Waals surface area contributed by atoms with E-state index in [-0.39, 0.29) is 5.54 Å². The van der Waals surface area contributed by atoms with Crippen molar-refractivity contribution in [2.24, 2.45) is 0 Å². The van der Waals surface area contributed by atoms with Crippen molar-refractivity contribution in [3.63, 3.8) is 0 Å². The van der Waals surface area contributed by atoms with Crippen LogP contribution in [0.1, 0.15) is 32.6 Å². The summed E-state index contributed by atoms with van der Waals surface area (Å²) in [6, 6.07) is 0. The molecular formula is C11H18N6. The number of rotatable bonds is 3. The van der Waals surface area contributed by atoms with Crippen LogP contribution in [0.5, 0.6) is 0 Å². The van der Waals surface area contributed by atoms with Gasteiger partial charge in [0.1, 0.15) is 0 Å². The minimum atomic E-state index is 0.163. The molecule has 1 aromatic heterocycles. The predicted octanol–water partition coefficient (Wildman–Crippen LogP) is 1.02. The fourth-order valence-electron chi connectivity index (χ4n) is 2.08. The molecule has 0 amide bonds. The zero-order valence-corrected chi connectivity index (χ0v) is 10.1. The van der Waals surface area contributed by atoms with Crippen molar-refractivity contribution in [3.8, 4) is 0 Å². The third-order valence-electron chi connectivity index (χ3n) is 3.44. The first-order chi connectivity index (χ1) is 8.15. The Hall–Kier alpha value is -1.59. The van der Waals surface area contributed by atoms with Crippen LogP contribution in [0.15, 0.2) is 0 Å². The van der Waals surface area contributed by atoms with Gasteiger partial charge < -0.3 is 16.0 Å². The molecule has 1 saturated carbocycles. The molecule has 0 radical (unpaired) electrons. The highest BCUT2D eigenvalue weighted by molar-refractivity contribution is 5.44. The number of anilines is 3. The summed E-state index contributed by atoms with van der Waals surface area (Å²) in [6.07, 6.45) is 4.73. The van der Waals surface area contributed by atoms with Crippen molar-refractivity contribution in [2.75, 3.05) is 29.0 Å². The molecule has 1 aliphatic carbocycles. The highest BCUT2D eigenvalue weighted by Gasteiger charge is 2.38. The summed E-state index contributed by atoms with van der Waals surface area (Å²) in [5, 5.41) is 3.33. The maximum atomic E-state index is 5.74. The third-order valence-corrected chi connectivity index (χ3v) is 3.44. The molecule has 2 heterocycles. The lowest BCUT2D eigenvalue weighted by Crippen LogP contribution is -2.24. The molecule has 3 rings (SSSR count). The number of hydrogen-bond acceptors (Lipinski definition) is 6. The molecule has 1 saturated heterocycles. The molecular weight excluding hydrogens is 216 g/mol. The topological polar surface area (TPSA) is 80.0 Å².